The van der Waals surface area contributed by atoms with Crippen LogP contribution in [0.3, 0.4) is 0 Å². The number of aryl methyl sites for hydroxylation is 1. The van der Waals surface area contributed by atoms with Crippen molar-refractivity contribution in [2.24, 2.45) is 5.41 Å². The summed E-state index contributed by atoms with van der Waals surface area (Å²) in [5.74, 6) is -7.51. The Balaban J connectivity index is 0.666. The van der Waals surface area contributed by atoms with Gasteiger partial charge < -0.3 is 69.7 Å². The molecule has 0 bridgehead atoms. The van der Waals surface area contributed by atoms with Crippen LogP contribution in [-0.4, -0.2) is 195 Å². The fraction of sp³-hybridized carbons (Fsp3) is 0.586. The van der Waals surface area contributed by atoms with Crippen LogP contribution in [0.5, 0.6) is 5.75 Å². The second-order valence-corrected chi connectivity index (χ2v) is 23.5. The number of carbonyl (C=O) groups excluding carboxylic acids is 5. The summed E-state index contributed by atoms with van der Waals surface area (Å²) in [6, 6.07) is 7.87. The minimum absolute atomic E-state index is 0.0317. The summed E-state index contributed by atoms with van der Waals surface area (Å²) in [6.45, 7) is 10.7. The van der Waals surface area contributed by atoms with Crippen LogP contribution >= 0.6 is 11.3 Å². The van der Waals surface area contributed by atoms with E-state index < -0.39 is 65.5 Å². The number of ether oxygens (including phenoxy) is 5. The first-order chi connectivity index (χ1) is 40.2. The van der Waals surface area contributed by atoms with Crippen molar-refractivity contribution >= 4 is 64.0 Å². The number of benzene rings is 2. The van der Waals surface area contributed by atoms with E-state index in [-0.39, 0.29) is 91.8 Å². The topological polar surface area (TPSA) is 251 Å². The summed E-state index contributed by atoms with van der Waals surface area (Å²) in [5, 5.41) is 22.1. The van der Waals surface area contributed by atoms with Crippen molar-refractivity contribution in [2.45, 2.75) is 115 Å². The first kappa shape index (κ1) is 63.5. The average Bonchev–Trinajstić information content (AvgIpc) is 2.24. The molecule has 5 N–H and O–H groups in total. The van der Waals surface area contributed by atoms with E-state index in [1.54, 1.807) is 16.8 Å². The van der Waals surface area contributed by atoms with Gasteiger partial charge in [-0.3, -0.25) is 24.0 Å². The minimum atomic E-state index is -3.64. The summed E-state index contributed by atoms with van der Waals surface area (Å²) in [5.41, 5.74) is 3.97. The molecule has 0 unspecified atom stereocenters. The molecule has 26 heteroatoms. The van der Waals surface area contributed by atoms with E-state index in [4.69, 9.17) is 23.7 Å². The van der Waals surface area contributed by atoms with Crippen LogP contribution in [0, 0.1) is 18.2 Å². The molecule has 0 radical (unpaired) electrons. The summed E-state index contributed by atoms with van der Waals surface area (Å²) in [7, 11) is 2.63. The molecule has 1 aliphatic carbocycles. The van der Waals surface area contributed by atoms with Crippen LogP contribution < -0.4 is 35.8 Å². The lowest BCUT2D eigenvalue weighted by Crippen LogP contribution is -2.58. The molecule has 8 rings (SSSR count). The molecule has 1 saturated carbocycles. The monoisotopic (exact) mass is 1190 g/mol. The van der Waals surface area contributed by atoms with Gasteiger partial charge >= 0.3 is 5.92 Å². The Morgan fingerprint density at radius 3 is 2.23 bits per heavy atom. The number of aliphatic hydroxyl groups is 1. The Labute approximate surface area is 491 Å². The Morgan fingerprint density at radius 1 is 0.917 bits per heavy atom. The number of hydrogen-bond acceptors (Lipinski definition) is 18. The lowest BCUT2D eigenvalue weighted by Gasteiger charge is -2.35. The number of halogens is 3. The molecule has 4 aromatic rings. The van der Waals surface area contributed by atoms with Gasteiger partial charge in [0.15, 0.2) is 5.82 Å². The van der Waals surface area contributed by atoms with Crippen molar-refractivity contribution in [3.8, 4) is 16.2 Å². The number of hydrogen-bond donors (Lipinski definition) is 5. The standard InChI is InChI=1S/C58H78F3N11O11S/c1-36-49(84-35-64-36)38-13-11-37(12-14-38)30-62-53(76)45-27-41(73)32-71(45)54(77)50(57(2,3)4)67-48(74)33-83-26-25-82-24-23-81-22-21-80-20-19-70-17-15-39(16-18-70)65-52(75)42-28-47(79-6)44(29-43(42)59)66-56-63-31-46-51(68-56)72(40-9-7-8-10-40)34-58(60,61)55(78)69(46)5/h11-14,28-29,31,35,39-41,45,50,73H,7-10,15-27,30,32-34H2,1-6H3,(H,62,76)(H,65,75)(H,67,74)(H,63,66,68)/t41-,45+,50-/m1/s1. The molecule has 5 heterocycles. The van der Waals surface area contributed by atoms with Gasteiger partial charge in [-0.05, 0) is 55.2 Å². The van der Waals surface area contributed by atoms with Crippen LogP contribution in [0.15, 0.2) is 48.1 Å². The second kappa shape index (κ2) is 29.0. The molecule has 0 spiro atoms. The first-order valence-electron chi connectivity index (χ1n) is 28.5. The molecule has 2 saturated heterocycles. The quantitative estimate of drug-likeness (QED) is 0.0505. The summed E-state index contributed by atoms with van der Waals surface area (Å²) < 4.78 is 73.9. The van der Waals surface area contributed by atoms with Crippen molar-refractivity contribution in [2.75, 3.05) is 115 Å². The fourth-order valence-electron chi connectivity index (χ4n) is 10.8. The minimum Gasteiger partial charge on any atom is -0.495 e. The van der Waals surface area contributed by atoms with E-state index in [0.717, 1.165) is 45.5 Å². The first-order valence-corrected chi connectivity index (χ1v) is 29.4. The Kier molecular flexibility index (Phi) is 21.9. The van der Waals surface area contributed by atoms with Crippen LogP contribution in [0.2, 0.25) is 0 Å². The maximum atomic E-state index is 15.7. The number of rotatable bonds is 26. The van der Waals surface area contributed by atoms with Gasteiger partial charge in [-0.25, -0.2) is 14.4 Å². The van der Waals surface area contributed by atoms with Crippen molar-refractivity contribution < 1.29 is 65.9 Å². The summed E-state index contributed by atoms with van der Waals surface area (Å²) >= 11 is 1.56. The number of β-amino-alcohol motifs (C(OH)–C–C–N with tert-alkyl or cyclic N) is 1. The van der Waals surface area contributed by atoms with Crippen LogP contribution in [-0.2, 0) is 44.7 Å². The number of thiazole rings is 1. The van der Waals surface area contributed by atoms with Gasteiger partial charge in [0.2, 0.25) is 23.7 Å². The maximum Gasteiger partial charge on any atom is 0.342 e. The highest BCUT2D eigenvalue weighted by molar-refractivity contribution is 7.13. The smallest absolute Gasteiger partial charge is 0.342 e. The zero-order chi connectivity index (χ0) is 60.1. The van der Waals surface area contributed by atoms with Crippen molar-refractivity contribution in [1.82, 2.24) is 40.7 Å². The molecule has 3 aliphatic heterocycles. The predicted molar refractivity (Wildman–Crippen MR) is 308 cm³/mol. The number of anilines is 4. The molecule has 4 aliphatic rings. The van der Waals surface area contributed by atoms with Crippen LogP contribution in [0.25, 0.3) is 10.4 Å². The number of aromatic nitrogens is 3. The number of amides is 5. The Morgan fingerprint density at radius 2 is 1.58 bits per heavy atom. The van der Waals surface area contributed by atoms with Crippen molar-refractivity contribution in [1.29, 1.82) is 0 Å². The fourth-order valence-corrected chi connectivity index (χ4v) is 11.6. The third kappa shape index (κ3) is 16.4. The number of alkyl halides is 2. The van der Waals surface area contributed by atoms with Gasteiger partial charge in [0.05, 0.1) is 99.5 Å². The van der Waals surface area contributed by atoms with Crippen LogP contribution in [0.1, 0.15) is 87.3 Å². The molecular weight excluding hydrogens is 1120 g/mol. The van der Waals surface area contributed by atoms with E-state index in [2.05, 4.69) is 41.1 Å². The Hall–Kier alpha value is -6.55. The average molecular weight is 1190 g/mol. The van der Waals surface area contributed by atoms with Crippen molar-refractivity contribution in [3.63, 3.8) is 0 Å². The molecule has 3 atom stereocenters. The molecule has 5 amide bonds. The van der Waals surface area contributed by atoms with Gasteiger partial charge in [0, 0.05) is 64.3 Å². The zero-order valence-corrected chi connectivity index (χ0v) is 49.4. The molecule has 22 nitrogen and oxygen atoms in total. The van der Waals surface area contributed by atoms with Gasteiger partial charge in [-0.2, -0.15) is 13.8 Å². The molecule has 2 aromatic heterocycles. The molecule has 84 heavy (non-hydrogen) atoms. The lowest BCUT2D eigenvalue weighted by atomic mass is 9.85. The summed E-state index contributed by atoms with van der Waals surface area (Å²) in [6.07, 6.45) is 4.84. The maximum absolute atomic E-state index is 15.7. The van der Waals surface area contributed by atoms with E-state index in [9.17, 15) is 29.1 Å². The number of nitrogens with zero attached hydrogens (tertiary/aromatic N) is 7. The molecule has 2 aromatic carbocycles. The number of nitrogens with one attached hydrogen (secondary N) is 4. The predicted octanol–water partition coefficient (Wildman–Crippen LogP) is 5.23. The number of likely N-dealkylation sites (tertiary alicyclic amines) is 2. The van der Waals surface area contributed by atoms with E-state index >= 15 is 13.2 Å². The lowest BCUT2D eigenvalue weighted by molar-refractivity contribution is -0.144. The van der Waals surface area contributed by atoms with Crippen molar-refractivity contribution in [3.05, 3.63) is 70.7 Å². The van der Waals surface area contributed by atoms with E-state index in [0.29, 0.717) is 78.4 Å². The van der Waals surface area contributed by atoms with Crippen LogP contribution in [0.4, 0.5) is 36.3 Å². The number of piperidine rings is 1. The zero-order valence-electron chi connectivity index (χ0n) is 48.6. The van der Waals surface area contributed by atoms with Gasteiger partial charge in [-0.15, -0.1) is 11.3 Å². The highest BCUT2D eigenvalue weighted by Crippen LogP contribution is 2.40. The largest absolute Gasteiger partial charge is 0.495 e. The third-order valence-corrected chi connectivity index (χ3v) is 16.4. The number of aliphatic hydroxyl groups excluding tert-OH is 1. The highest BCUT2D eigenvalue weighted by Gasteiger charge is 2.49. The van der Waals surface area contributed by atoms with Gasteiger partial charge in [0.25, 0.3) is 11.8 Å². The normalized spacial score (nSPS) is 19.0. The summed E-state index contributed by atoms with van der Waals surface area (Å²) in [4.78, 5) is 86.6. The molecular formula is C58H78F3N11O11S. The second-order valence-electron chi connectivity index (χ2n) is 22.6. The Bertz CT molecular complexity index is 2900. The number of fused-ring (bicyclic) bond motifs is 1. The molecule has 458 valence electrons. The number of carbonyl (C=O) groups is 5. The molecule has 3 fully saturated rings. The van der Waals surface area contributed by atoms with Gasteiger partial charge in [0.1, 0.15) is 35.9 Å². The highest BCUT2D eigenvalue weighted by atomic mass is 32.1. The van der Waals surface area contributed by atoms with E-state index in [1.807, 2.05) is 52.0 Å². The third-order valence-electron chi connectivity index (χ3n) is 15.5. The van der Waals surface area contributed by atoms with Gasteiger partial charge in [-0.1, -0.05) is 57.9 Å². The SMILES string of the molecule is COc1cc(C(=O)NC2CCN(CCOCCOCCOCCOCC(=O)N[C@H](C(=O)N3C[C@H](O)C[C@H]3C(=O)NCc3ccc(-c4scnc4C)cc3)C(C)(C)C)CC2)c(F)cc1Nc1ncc2c(n1)N(C1CCCC1)CC(F)(F)C(=O)N2C. The van der Waals surface area contributed by atoms with E-state index in [1.165, 1.54) is 36.2 Å². The number of methoxy groups -OCH3 is 1.